The average molecular weight is 395 g/mol. The molecule has 0 aromatic heterocycles. The van der Waals surface area contributed by atoms with E-state index in [1.807, 2.05) is 37.3 Å². The van der Waals surface area contributed by atoms with Crippen molar-refractivity contribution in [2.45, 2.75) is 26.7 Å². The van der Waals surface area contributed by atoms with Crippen molar-refractivity contribution >= 4 is 51.7 Å². The monoisotopic (exact) mass is 394 g/mol. The lowest BCUT2D eigenvalue weighted by Gasteiger charge is -2.18. The summed E-state index contributed by atoms with van der Waals surface area (Å²) in [5.74, 6) is -0.0446. The quantitative estimate of drug-likeness (QED) is 0.520. The molecule has 5 heteroatoms. The smallest absolute Gasteiger partial charge is 0.270 e. The Bertz CT molecular complexity index is 928. The predicted octanol–water partition coefficient (Wildman–Crippen LogP) is 5.31. The Morgan fingerprint density at radius 2 is 1.67 bits per heavy atom. The first-order valence-electron chi connectivity index (χ1n) is 9.23. The molecule has 2 aliphatic heterocycles. The minimum absolute atomic E-state index is 0.0446. The van der Waals surface area contributed by atoms with E-state index in [-0.39, 0.29) is 5.91 Å². The molecule has 2 heterocycles. The Morgan fingerprint density at radius 1 is 1.00 bits per heavy atom. The predicted molar refractivity (Wildman–Crippen MR) is 119 cm³/mol. The number of anilines is 2. The highest BCUT2D eigenvalue weighted by Crippen LogP contribution is 2.36. The highest BCUT2D eigenvalue weighted by atomic mass is 32.2. The minimum Gasteiger partial charge on any atom is -0.372 e. The van der Waals surface area contributed by atoms with E-state index in [2.05, 4.69) is 30.0 Å². The number of hydrogen-bond donors (Lipinski definition) is 0. The molecule has 2 fully saturated rings. The molecule has 0 radical (unpaired) electrons. The fraction of sp³-hybridized carbons (Fsp3) is 0.273. The van der Waals surface area contributed by atoms with E-state index < -0.39 is 0 Å². The molecule has 3 nitrogen and oxygen atoms in total. The fourth-order valence-corrected chi connectivity index (χ4v) is 4.81. The SMILES string of the molecule is Cc1ccc(N2C(=O)/C(=C/c3ccc(N4CCCC4)cc3C)SC2=S)cc1. The second-order valence-electron chi connectivity index (χ2n) is 7.09. The molecule has 2 saturated heterocycles. The van der Waals surface area contributed by atoms with Gasteiger partial charge in [-0.15, -0.1) is 0 Å². The number of rotatable bonds is 3. The van der Waals surface area contributed by atoms with Crippen molar-refractivity contribution in [3.05, 3.63) is 64.1 Å². The van der Waals surface area contributed by atoms with Gasteiger partial charge in [0.15, 0.2) is 4.32 Å². The summed E-state index contributed by atoms with van der Waals surface area (Å²) in [4.78, 5) is 17.7. The lowest BCUT2D eigenvalue weighted by atomic mass is 10.1. The van der Waals surface area contributed by atoms with Crippen LogP contribution in [0.2, 0.25) is 0 Å². The van der Waals surface area contributed by atoms with E-state index in [9.17, 15) is 4.79 Å². The Balaban J connectivity index is 1.60. The van der Waals surface area contributed by atoms with Gasteiger partial charge in [0.1, 0.15) is 0 Å². The molecule has 1 amide bonds. The van der Waals surface area contributed by atoms with E-state index in [1.54, 1.807) is 4.90 Å². The zero-order valence-electron chi connectivity index (χ0n) is 15.6. The summed E-state index contributed by atoms with van der Waals surface area (Å²) in [6.45, 7) is 6.40. The number of nitrogens with zero attached hydrogens (tertiary/aromatic N) is 2. The van der Waals surface area contributed by atoms with Gasteiger partial charge in [-0.2, -0.15) is 0 Å². The number of hydrogen-bond acceptors (Lipinski definition) is 4. The molecular formula is C22H22N2OS2. The standard InChI is InChI=1S/C22H22N2OS2/c1-15-5-8-18(9-6-15)24-21(25)20(27-22(24)26)14-17-7-10-19(13-16(17)2)23-11-3-4-12-23/h5-10,13-14H,3-4,11-12H2,1-2H3/b20-14-. The van der Waals surface area contributed by atoms with Crippen molar-refractivity contribution < 1.29 is 4.79 Å². The third-order valence-electron chi connectivity index (χ3n) is 5.10. The molecule has 2 aromatic carbocycles. The van der Waals surface area contributed by atoms with Crippen molar-refractivity contribution in [3.8, 4) is 0 Å². The minimum atomic E-state index is -0.0446. The van der Waals surface area contributed by atoms with Gasteiger partial charge in [-0.25, -0.2) is 0 Å². The number of thiocarbonyl (C=S) groups is 1. The van der Waals surface area contributed by atoms with Gasteiger partial charge in [-0.3, -0.25) is 9.69 Å². The second-order valence-corrected chi connectivity index (χ2v) is 8.76. The molecule has 138 valence electrons. The number of aryl methyl sites for hydroxylation is 2. The first-order chi connectivity index (χ1) is 13.0. The van der Waals surface area contributed by atoms with Gasteiger partial charge in [0.05, 0.1) is 10.6 Å². The molecule has 2 aliphatic rings. The maximum absolute atomic E-state index is 12.9. The molecule has 0 spiro atoms. The first kappa shape index (κ1) is 18.3. The van der Waals surface area contributed by atoms with Crippen LogP contribution in [0.3, 0.4) is 0 Å². The summed E-state index contributed by atoms with van der Waals surface area (Å²) in [6, 6.07) is 14.4. The van der Waals surface area contributed by atoms with Crippen molar-refractivity contribution in [1.82, 2.24) is 0 Å². The van der Waals surface area contributed by atoms with Gasteiger partial charge < -0.3 is 4.90 Å². The Labute approximate surface area is 170 Å². The van der Waals surface area contributed by atoms with Crippen LogP contribution in [-0.4, -0.2) is 23.3 Å². The van der Waals surface area contributed by atoms with Crippen molar-refractivity contribution in [1.29, 1.82) is 0 Å². The van der Waals surface area contributed by atoms with Crippen LogP contribution in [-0.2, 0) is 4.79 Å². The van der Waals surface area contributed by atoms with Gasteiger partial charge >= 0.3 is 0 Å². The molecule has 0 aliphatic carbocycles. The molecule has 0 bridgehead atoms. The average Bonchev–Trinajstić information content (AvgIpc) is 3.27. The highest BCUT2D eigenvalue weighted by molar-refractivity contribution is 8.27. The molecule has 2 aromatic rings. The van der Waals surface area contributed by atoms with Crippen molar-refractivity contribution in [2.75, 3.05) is 22.9 Å². The van der Waals surface area contributed by atoms with Crippen LogP contribution in [0.5, 0.6) is 0 Å². The van der Waals surface area contributed by atoms with Crippen molar-refractivity contribution in [2.24, 2.45) is 0 Å². The summed E-state index contributed by atoms with van der Waals surface area (Å²) in [7, 11) is 0. The number of amides is 1. The Kier molecular flexibility index (Phi) is 5.06. The number of carbonyl (C=O) groups excluding carboxylic acids is 1. The van der Waals surface area contributed by atoms with Crippen LogP contribution in [0.25, 0.3) is 6.08 Å². The number of carbonyl (C=O) groups is 1. The molecule has 0 saturated carbocycles. The normalized spacial score (nSPS) is 18.8. The topological polar surface area (TPSA) is 23.6 Å². The van der Waals surface area contributed by atoms with Crippen molar-refractivity contribution in [3.63, 3.8) is 0 Å². The molecule has 0 atom stereocenters. The molecule has 0 unspecified atom stereocenters. The van der Waals surface area contributed by atoms with E-state index in [0.717, 1.165) is 29.9 Å². The van der Waals surface area contributed by atoms with Gasteiger partial charge in [-0.05, 0) is 68.2 Å². The van der Waals surface area contributed by atoms with Gasteiger partial charge in [0.25, 0.3) is 5.91 Å². The highest BCUT2D eigenvalue weighted by Gasteiger charge is 2.33. The summed E-state index contributed by atoms with van der Waals surface area (Å²) in [5, 5.41) is 0. The van der Waals surface area contributed by atoms with Crippen LogP contribution in [0.15, 0.2) is 47.4 Å². The third kappa shape index (κ3) is 3.66. The fourth-order valence-electron chi connectivity index (χ4n) is 3.52. The molecule has 0 N–H and O–H groups in total. The molecular weight excluding hydrogens is 372 g/mol. The van der Waals surface area contributed by atoms with E-state index in [0.29, 0.717) is 9.23 Å². The zero-order valence-corrected chi connectivity index (χ0v) is 17.2. The van der Waals surface area contributed by atoms with Crippen LogP contribution < -0.4 is 9.80 Å². The summed E-state index contributed by atoms with van der Waals surface area (Å²) in [6.07, 6.45) is 4.50. The lowest BCUT2D eigenvalue weighted by Crippen LogP contribution is -2.27. The second kappa shape index (κ2) is 7.49. The summed E-state index contributed by atoms with van der Waals surface area (Å²) >= 11 is 6.84. The summed E-state index contributed by atoms with van der Waals surface area (Å²) in [5.41, 5.74) is 5.51. The first-order valence-corrected chi connectivity index (χ1v) is 10.5. The largest absolute Gasteiger partial charge is 0.372 e. The maximum atomic E-state index is 12.9. The maximum Gasteiger partial charge on any atom is 0.270 e. The zero-order chi connectivity index (χ0) is 19.0. The van der Waals surface area contributed by atoms with E-state index in [1.165, 1.54) is 35.9 Å². The third-order valence-corrected chi connectivity index (χ3v) is 6.40. The van der Waals surface area contributed by atoms with Crippen LogP contribution in [0, 0.1) is 13.8 Å². The molecule has 27 heavy (non-hydrogen) atoms. The summed E-state index contributed by atoms with van der Waals surface area (Å²) < 4.78 is 0.585. The van der Waals surface area contributed by atoms with Crippen LogP contribution >= 0.6 is 24.0 Å². The van der Waals surface area contributed by atoms with Gasteiger partial charge in [0.2, 0.25) is 0 Å². The van der Waals surface area contributed by atoms with Crippen LogP contribution in [0.1, 0.15) is 29.5 Å². The van der Waals surface area contributed by atoms with E-state index in [4.69, 9.17) is 12.2 Å². The molecule has 4 rings (SSSR count). The Morgan fingerprint density at radius 3 is 2.33 bits per heavy atom. The van der Waals surface area contributed by atoms with Crippen LogP contribution in [0.4, 0.5) is 11.4 Å². The lowest BCUT2D eigenvalue weighted by molar-refractivity contribution is -0.113. The van der Waals surface area contributed by atoms with E-state index >= 15 is 0 Å². The van der Waals surface area contributed by atoms with Gasteiger partial charge in [0, 0.05) is 18.8 Å². The van der Waals surface area contributed by atoms with Gasteiger partial charge in [-0.1, -0.05) is 47.7 Å². The number of thioether (sulfide) groups is 1. The number of benzene rings is 2. The Hall–Kier alpha value is -2.11.